The van der Waals surface area contributed by atoms with Crippen LogP contribution in [0.3, 0.4) is 0 Å². The Morgan fingerprint density at radius 1 is 1.53 bits per heavy atom. The van der Waals surface area contributed by atoms with E-state index in [4.69, 9.17) is 4.74 Å². The lowest BCUT2D eigenvalue weighted by molar-refractivity contribution is -0.0855. The summed E-state index contributed by atoms with van der Waals surface area (Å²) in [6.45, 7) is 6.29. The number of piperidine rings is 1. The Kier molecular flexibility index (Phi) is 4.46. The summed E-state index contributed by atoms with van der Waals surface area (Å²) in [4.78, 5) is 2.11. The molecule has 0 spiro atoms. The molecular formula is C11H21F2NO. The van der Waals surface area contributed by atoms with Crippen molar-refractivity contribution in [3.8, 4) is 0 Å². The highest BCUT2D eigenvalue weighted by Crippen LogP contribution is 2.39. The minimum Gasteiger partial charge on any atom is -0.381 e. The van der Waals surface area contributed by atoms with Crippen molar-refractivity contribution in [3.63, 3.8) is 0 Å². The first-order chi connectivity index (χ1) is 6.99. The zero-order valence-electron chi connectivity index (χ0n) is 9.80. The van der Waals surface area contributed by atoms with E-state index in [0.29, 0.717) is 26.2 Å². The van der Waals surface area contributed by atoms with Crippen LogP contribution >= 0.6 is 0 Å². The third kappa shape index (κ3) is 3.11. The van der Waals surface area contributed by atoms with Gasteiger partial charge < -0.3 is 9.64 Å². The quantitative estimate of drug-likeness (QED) is 0.722. The third-order valence-electron chi connectivity index (χ3n) is 3.29. The maximum atomic E-state index is 12.9. The molecule has 1 saturated heterocycles. The zero-order valence-corrected chi connectivity index (χ0v) is 9.80. The second-order valence-electron chi connectivity index (χ2n) is 4.76. The number of alkyl halides is 2. The molecule has 0 radical (unpaired) electrons. The molecule has 4 heteroatoms. The van der Waals surface area contributed by atoms with Gasteiger partial charge in [0.1, 0.15) is 0 Å². The molecule has 0 saturated carbocycles. The lowest BCUT2D eigenvalue weighted by Crippen LogP contribution is -2.50. The second kappa shape index (κ2) is 5.21. The standard InChI is InChI=1S/C11H21F2NO/c1-4-15-8-11(2)7-14(3)6-5-9(11)10(12)13/h9-10H,4-8H2,1-3H3/t9-,11+/m1/s1. The van der Waals surface area contributed by atoms with Crippen LogP contribution in [0.2, 0.25) is 0 Å². The molecule has 1 fully saturated rings. The normalized spacial score (nSPS) is 33.6. The van der Waals surface area contributed by atoms with E-state index in [2.05, 4.69) is 4.90 Å². The van der Waals surface area contributed by atoms with Crippen molar-refractivity contribution >= 4 is 0 Å². The third-order valence-corrected chi connectivity index (χ3v) is 3.29. The van der Waals surface area contributed by atoms with Gasteiger partial charge in [0.05, 0.1) is 6.61 Å². The molecule has 0 unspecified atom stereocenters. The fraction of sp³-hybridized carbons (Fsp3) is 1.00. The largest absolute Gasteiger partial charge is 0.381 e. The van der Waals surface area contributed by atoms with Crippen molar-refractivity contribution in [3.05, 3.63) is 0 Å². The van der Waals surface area contributed by atoms with Crippen molar-refractivity contribution in [1.82, 2.24) is 4.90 Å². The van der Waals surface area contributed by atoms with Gasteiger partial charge in [-0.05, 0) is 26.9 Å². The Hall–Kier alpha value is -0.220. The van der Waals surface area contributed by atoms with Crippen LogP contribution in [-0.4, -0.2) is 44.7 Å². The number of likely N-dealkylation sites (tertiary alicyclic amines) is 1. The first-order valence-corrected chi connectivity index (χ1v) is 5.54. The molecule has 2 atom stereocenters. The number of hydrogen-bond acceptors (Lipinski definition) is 2. The molecule has 1 aliphatic heterocycles. The molecule has 0 N–H and O–H groups in total. The Balaban J connectivity index is 2.67. The highest BCUT2D eigenvalue weighted by molar-refractivity contribution is 4.90. The average Bonchev–Trinajstić information content (AvgIpc) is 2.14. The molecular weight excluding hydrogens is 200 g/mol. The Labute approximate surface area is 90.6 Å². The van der Waals surface area contributed by atoms with Crippen LogP contribution < -0.4 is 0 Å². The van der Waals surface area contributed by atoms with Crippen LogP contribution in [0.5, 0.6) is 0 Å². The maximum absolute atomic E-state index is 12.9. The van der Waals surface area contributed by atoms with Crippen molar-refractivity contribution in [2.45, 2.75) is 26.7 Å². The average molecular weight is 221 g/mol. The van der Waals surface area contributed by atoms with E-state index >= 15 is 0 Å². The van der Waals surface area contributed by atoms with Gasteiger partial charge >= 0.3 is 0 Å². The lowest BCUT2D eigenvalue weighted by atomic mass is 9.73. The predicted octanol–water partition coefficient (Wildman–Crippen LogP) is 2.25. The molecule has 90 valence electrons. The molecule has 2 nitrogen and oxygen atoms in total. The summed E-state index contributed by atoms with van der Waals surface area (Å²) in [6.07, 6.45) is -1.67. The molecule has 1 heterocycles. The Morgan fingerprint density at radius 3 is 2.73 bits per heavy atom. The molecule has 0 bridgehead atoms. The molecule has 15 heavy (non-hydrogen) atoms. The molecule has 1 rings (SSSR count). The van der Waals surface area contributed by atoms with Gasteiger partial charge in [-0.15, -0.1) is 0 Å². The highest BCUT2D eigenvalue weighted by atomic mass is 19.3. The number of halogens is 2. The zero-order chi connectivity index (χ0) is 11.5. The van der Waals surface area contributed by atoms with Gasteiger partial charge in [-0.2, -0.15) is 0 Å². The van der Waals surface area contributed by atoms with Gasteiger partial charge in [0, 0.05) is 24.5 Å². The first-order valence-electron chi connectivity index (χ1n) is 5.54. The number of nitrogens with zero attached hydrogens (tertiary/aromatic N) is 1. The van der Waals surface area contributed by atoms with Gasteiger partial charge in [0.15, 0.2) is 0 Å². The fourth-order valence-electron chi connectivity index (χ4n) is 2.44. The Morgan fingerprint density at radius 2 is 2.20 bits per heavy atom. The van der Waals surface area contributed by atoms with E-state index < -0.39 is 17.8 Å². The topological polar surface area (TPSA) is 12.5 Å². The monoisotopic (exact) mass is 221 g/mol. The van der Waals surface area contributed by atoms with Gasteiger partial charge in [-0.3, -0.25) is 0 Å². The summed E-state index contributed by atoms with van der Waals surface area (Å²) in [5.41, 5.74) is -0.406. The van der Waals surface area contributed by atoms with Crippen LogP contribution in [0.15, 0.2) is 0 Å². The fourth-order valence-corrected chi connectivity index (χ4v) is 2.44. The van der Waals surface area contributed by atoms with Crippen LogP contribution in [0.4, 0.5) is 8.78 Å². The van der Waals surface area contributed by atoms with Crippen molar-refractivity contribution in [1.29, 1.82) is 0 Å². The van der Waals surface area contributed by atoms with E-state index in [1.54, 1.807) is 0 Å². The second-order valence-corrected chi connectivity index (χ2v) is 4.76. The van der Waals surface area contributed by atoms with E-state index in [9.17, 15) is 8.78 Å². The smallest absolute Gasteiger partial charge is 0.242 e. The Bertz CT molecular complexity index is 201. The van der Waals surface area contributed by atoms with Crippen LogP contribution in [0.1, 0.15) is 20.3 Å². The van der Waals surface area contributed by atoms with E-state index in [1.807, 2.05) is 20.9 Å². The van der Waals surface area contributed by atoms with Crippen LogP contribution in [0, 0.1) is 11.3 Å². The molecule has 0 aliphatic carbocycles. The van der Waals surface area contributed by atoms with E-state index in [-0.39, 0.29) is 0 Å². The molecule has 0 aromatic rings. The highest BCUT2D eigenvalue weighted by Gasteiger charge is 2.43. The number of hydrogen-bond donors (Lipinski definition) is 0. The van der Waals surface area contributed by atoms with Gasteiger partial charge in [-0.1, -0.05) is 6.92 Å². The van der Waals surface area contributed by atoms with Crippen molar-refractivity contribution < 1.29 is 13.5 Å². The lowest BCUT2D eigenvalue weighted by Gasteiger charge is -2.44. The summed E-state index contributed by atoms with van der Waals surface area (Å²) < 4.78 is 31.1. The SMILES string of the molecule is CCOC[C@]1(C)CN(C)CC[C@@H]1C(F)F. The summed E-state index contributed by atoms with van der Waals surface area (Å²) in [5.74, 6) is -0.528. The van der Waals surface area contributed by atoms with Crippen LogP contribution in [-0.2, 0) is 4.74 Å². The van der Waals surface area contributed by atoms with E-state index in [1.165, 1.54) is 0 Å². The van der Waals surface area contributed by atoms with Crippen LogP contribution in [0.25, 0.3) is 0 Å². The first kappa shape index (κ1) is 12.8. The van der Waals surface area contributed by atoms with Gasteiger partial charge in [0.25, 0.3) is 0 Å². The summed E-state index contributed by atoms with van der Waals surface area (Å²) >= 11 is 0. The minimum atomic E-state index is -2.23. The molecule has 0 aromatic carbocycles. The molecule has 0 aromatic heterocycles. The van der Waals surface area contributed by atoms with Gasteiger partial charge in [0.2, 0.25) is 6.43 Å². The number of ether oxygens (including phenoxy) is 1. The predicted molar refractivity (Wildman–Crippen MR) is 56.2 cm³/mol. The van der Waals surface area contributed by atoms with E-state index in [0.717, 1.165) is 6.54 Å². The van der Waals surface area contributed by atoms with Crippen molar-refractivity contribution in [2.75, 3.05) is 33.4 Å². The number of rotatable bonds is 4. The minimum absolute atomic E-state index is 0.406. The molecule has 1 aliphatic rings. The maximum Gasteiger partial charge on any atom is 0.242 e. The summed E-state index contributed by atoms with van der Waals surface area (Å²) in [5, 5.41) is 0. The van der Waals surface area contributed by atoms with Crippen molar-refractivity contribution in [2.24, 2.45) is 11.3 Å². The molecule has 0 amide bonds. The summed E-state index contributed by atoms with van der Waals surface area (Å²) in [6, 6.07) is 0. The summed E-state index contributed by atoms with van der Waals surface area (Å²) in [7, 11) is 1.98. The van der Waals surface area contributed by atoms with Gasteiger partial charge in [-0.25, -0.2) is 8.78 Å².